The number of anilines is 1. The number of hydrogen-bond acceptors (Lipinski definition) is 9. The normalized spacial score (nSPS) is 10.9. The smallest absolute Gasteiger partial charge is 0.332 e. The van der Waals surface area contributed by atoms with Crippen molar-refractivity contribution < 1.29 is 14.3 Å². The Morgan fingerprint density at radius 1 is 0.944 bits per heavy atom. The van der Waals surface area contributed by atoms with Crippen molar-refractivity contribution in [2.75, 3.05) is 12.3 Å². The first-order chi connectivity index (χ1) is 17.3. The number of esters is 1. The Labute approximate surface area is 203 Å². The lowest BCUT2D eigenvalue weighted by atomic mass is 10.2. The van der Waals surface area contributed by atoms with Crippen LogP contribution in [-0.2, 0) is 29.2 Å². The third kappa shape index (κ3) is 4.69. The highest BCUT2D eigenvalue weighted by Crippen LogP contribution is 2.10. The van der Waals surface area contributed by atoms with Crippen LogP contribution < -0.4 is 22.5 Å². The van der Waals surface area contributed by atoms with Gasteiger partial charge in [-0.15, -0.1) is 5.10 Å². The molecular weight excluding hydrogens is 468 g/mol. The highest BCUT2D eigenvalue weighted by Gasteiger charge is 2.23. The van der Waals surface area contributed by atoms with Gasteiger partial charge in [-0.2, -0.15) is 4.68 Å². The highest BCUT2D eigenvalue weighted by atomic mass is 16.5. The van der Waals surface area contributed by atoms with Gasteiger partial charge < -0.3 is 10.5 Å². The number of nitrogens with zero attached hydrogens (tertiary/aromatic N) is 5. The minimum atomic E-state index is -0.943. The van der Waals surface area contributed by atoms with Crippen molar-refractivity contribution in [3.8, 4) is 0 Å². The lowest BCUT2D eigenvalue weighted by molar-refractivity contribution is -0.143. The quantitative estimate of drug-likeness (QED) is 0.268. The summed E-state index contributed by atoms with van der Waals surface area (Å²) in [6.45, 7) is 0.224. The number of ether oxygens (including phenoxy) is 1. The molecule has 0 fully saturated rings. The van der Waals surface area contributed by atoms with Crippen LogP contribution in [0, 0.1) is 0 Å². The monoisotopic (exact) mass is 490 g/mol. The molecule has 184 valence electrons. The van der Waals surface area contributed by atoms with E-state index in [-0.39, 0.29) is 24.3 Å². The maximum absolute atomic E-state index is 12.9. The number of nitrogen functional groups attached to an aromatic ring is 1. The number of Topliss-reactive ketones (excluding diaryl/α,β-unsaturated/α-hetero) is 1. The van der Waals surface area contributed by atoms with Gasteiger partial charge in [0.1, 0.15) is 23.4 Å². The summed E-state index contributed by atoms with van der Waals surface area (Å²) >= 11 is 0. The number of ketones is 1. The van der Waals surface area contributed by atoms with Crippen molar-refractivity contribution in [1.29, 1.82) is 0 Å². The van der Waals surface area contributed by atoms with Gasteiger partial charge in [-0.3, -0.25) is 28.3 Å². The molecule has 0 unspecified atom stereocenters. The standard InChI is InChI=1S/C24H22N6O6/c1-2-28-23(34)20(21(25)29(24(28)35)12-15-8-4-3-5-9-15)18(31)14-36-19(32)13-30-22(33)16-10-6-7-11-17(16)26-27-30/h3-11H,2,12-14,25H2,1H3. The molecule has 2 aromatic heterocycles. The average molecular weight is 490 g/mol. The van der Waals surface area contributed by atoms with Crippen LogP contribution in [-0.4, -0.2) is 42.5 Å². The molecule has 12 heteroatoms. The summed E-state index contributed by atoms with van der Waals surface area (Å²) in [4.78, 5) is 63.4. The van der Waals surface area contributed by atoms with Crippen molar-refractivity contribution in [3.05, 3.63) is 96.9 Å². The Balaban J connectivity index is 1.56. The van der Waals surface area contributed by atoms with Gasteiger partial charge in [0.05, 0.1) is 11.9 Å². The van der Waals surface area contributed by atoms with Gasteiger partial charge in [-0.1, -0.05) is 47.7 Å². The predicted molar refractivity (Wildman–Crippen MR) is 130 cm³/mol. The number of rotatable bonds is 8. The minimum Gasteiger partial charge on any atom is -0.456 e. The van der Waals surface area contributed by atoms with E-state index in [1.807, 2.05) is 6.07 Å². The first kappa shape index (κ1) is 24.3. The van der Waals surface area contributed by atoms with Crippen LogP contribution in [0.1, 0.15) is 22.8 Å². The van der Waals surface area contributed by atoms with Crippen LogP contribution in [0.15, 0.2) is 69.0 Å². The molecule has 2 N–H and O–H groups in total. The Bertz CT molecular complexity index is 1640. The van der Waals surface area contributed by atoms with Crippen LogP contribution in [0.25, 0.3) is 10.9 Å². The molecule has 2 aromatic carbocycles. The van der Waals surface area contributed by atoms with Crippen molar-refractivity contribution in [2.45, 2.75) is 26.6 Å². The maximum atomic E-state index is 12.9. The van der Waals surface area contributed by atoms with E-state index in [0.717, 1.165) is 19.4 Å². The molecule has 2 heterocycles. The fourth-order valence-corrected chi connectivity index (χ4v) is 3.69. The number of benzene rings is 2. The number of fused-ring (bicyclic) bond motifs is 1. The first-order valence-corrected chi connectivity index (χ1v) is 11.0. The number of hydrogen-bond donors (Lipinski definition) is 1. The van der Waals surface area contributed by atoms with Crippen molar-refractivity contribution in [3.63, 3.8) is 0 Å². The van der Waals surface area contributed by atoms with Crippen LogP contribution >= 0.6 is 0 Å². The lowest BCUT2D eigenvalue weighted by Gasteiger charge is -2.16. The predicted octanol–water partition coefficient (Wildman–Crippen LogP) is 0.191. The fraction of sp³-hybridized carbons (Fsp3) is 0.208. The Morgan fingerprint density at radius 3 is 2.36 bits per heavy atom. The molecule has 0 saturated heterocycles. The topological polar surface area (TPSA) is 161 Å². The average Bonchev–Trinajstić information content (AvgIpc) is 2.88. The van der Waals surface area contributed by atoms with E-state index in [0.29, 0.717) is 5.52 Å². The summed E-state index contributed by atoms with van der Waals surface area (Å²) in [7, 11) is 0. The van der Waals surface area contributed by atoms with E-state index < -0.39 is 47.3 Å². The van der Waals surface area contributed by atoms with E-state index >= 15 is 0 Å². The summed E-state index contributed by atoms with van der Waals surface area (Å²) in [5, 5.41) is 7.85. The number of carbonyl (C=O) groups is 2. The van der Waals surface area contributed by atoms with Crippen molar-refractivity contribution >= 4 is 28.5 Å². The molecule has 0 atom stereocenters. The van der Waals surface area contributed by atoms with Gasteiger partial charge in [0.2, 0.25) is 5.78 Å². The van der Waals surface area contributed by atoms with Crippen LogP contribution in [0.3, 0.4) is 0 Å². The van der Waals surface area contributed by atoms with Gasteiger partial charge >= 0.3 is 11.7 Å². The minimum absolute atomic E-state index is 0.0103. The molecule has 4 rings (SSSR count). The Hall–Kier alpha value is -4.87. The van der Waals surface area contributed by atoms with Gasteiger partial charge in [0, 0.05) is 6.54 Å². The third-order valence-corrected chi connectivity index (χ3v) is 5.52. The second-order valence-electron chi connectivity index (χ2n) is 7.82. The van der Waals surface area contributed by atoms with E-state index in [4.69, 9.17) is 10.5 Å². The molecule has 0 saturated carbocycles. The number of aromatic nitrogens is 5. The van der Waals surface area contributed by atoms with Gasteiger partial charge in [0.25, 0.3) is 11.1 Å². The molecule has 0 amide bonds. The van der Waals surface area contributed by atoms with E-state index in [1.54, 1.807) is 55.5 Å². The molecule has 0 aliphatic rings. The molecule has 0 aliphatic carbocycles. The second-order valence-corrected chi connectivity index (χ2v) is 7.82. The molecule has 4 aromatic rings. The van der Waals surface area contributed by atoms with E-state index in [2.05, 4.69) is 10.3 Å². The number of nitrogens with two attached hydrogens (primary N) is 1. The molecule has 0 bridgehead atoms. The zero-order chi connectivity index (χ0) is 25.8. The maximum Gasteiger partial charge on any atom is 0.332 e. The van der Waals surface area contributed by atoms with Crippen molar-refractivity contribution in [2.24, 2.45) is 0 Å². The third-order valence-electron chi connectivity index (χ3n) is 5.52. The summed E-state index contributed by atoms with van der Waals surface area (Å²) < 4.78 is 7.82. The first-order valence-electron chi connectivity index (χ1n) is 11.0. The molecular formula is C24H22N6O6. The fourth-order valence-electron chi connectivity index (χ4n) is 3.69. The highest BCUT2D eigenvalue weighted by molar-refractivity contribution is 6.01. The van der Waals surface area contributed by atoms with Crippen molar-refractivity contribution in [1.82, 2.24) is 24.1 Å². The molecule has 0 aliphatic heterocycles. The molecule has 36 heavy (non-hydrogen) atoms. The largest absolute Gasteiger partial charge is 0.456 e. The molecule has 0 spiro atoms. The number of carbonyl (C=O) groups excluding carboxylic acids is 2. The zero-order valence-corrected chi connectivity index (χ0v) is 19.3. The van der Waals surface area contributed by atoms with Gasteiger partial charge in [-0.25, -0.2) is 4.79 Å². The van der Waals surface area contributed by atoms with Crippen LogP contribution in [0.2, 0.25) is 0 Å². The van der Waals surface area contributed by atoms with Gasteiger partial charge in [0.15, 0.2) is 6.61 Å². The Kier molecular flexibility index (Phi) is 6.86. The summed E-state index contributed by atoms with van der Waals surface area (Å²) in [5.74, 6) is -2.15. The zero-order valence-electron chi connectivity index (χ0n) is 19.3. The SMILES string of the molecule is CCn1c(=O)c(C(=O)COC(=O)Cn2nnc3ccccc3c2=O)c(N)n(Cc2ccccc2)c1=O. The van der Waals surface area contributed by atoms with Crippen LogP contribution in [0.5, 0.6) is 0 Å². The summed E-state index contributed by atoms with van der Waals surface area (Å²) in [6, 6.07) is 15.4. The lowest BCUT2D eigenvalue weighted by Crippen LogP contribution is -2.44. The van der Waals surface area contributed by atoms with Crippen LogP contribution in [0.4, 0.5) is 5.82 Å². The van der Waals surface area contributed by atoms with E-state index in [9.17, 15) is 24.0 Å². The second kappa shape index (κ2) is 10.2. The van der Waals surface area contributed by atoms with Gasteiger partial charge in [-0.05, 0) is 24.6 Å². The molecule has 12 nitrogen and oxygen atoms in total. The Morgan fingerprint density at radius 2 is 1.64 bits per heavy atom. The molecule has 0 radical (unpaired) electrons. The summed E-state index contributed by atoms with van der Waals surface area (Å²) in [5.41, 5.74) is 4.65. The van der Waals surface area contributed by atoms with E-state index in [1.165, 1.54) is 0 Å². The summed E-state index contributed by atoms with van der Waals surface area (Å²) in [6.07, 6.45) is 0.